The minimum atomic E-state index is -0.324. The molecule has 0 radical (unpaired) electrons. The van der Waals surface area contributed by atoms with Crippen LogP contribution in [-0.2, 0) is 9.59 Å². The van der Waals surface area contributed by atoms with Crippen LogP contribution in [0, 0.1) is 0 Å². The van der Waals surface area contributed by atoms with Crippen LogP contribution < -0.4 is 14.8 Å². The molecule has 3 rings (SSSR count). The first-order chi connectivity index (χ1) is 16.0. The summed E-state index contributed by atoms with van der Waals surface area (Å²) in [7, 11) is 1.56. The number of hydrogen-bond donors (Lipinski definition) is 1. The van der Waals surface area contributed by atoms with E-state index in [1.54, 1.807) is 37.4 Å². The first-order valence-electron chi connectivity index (χ1n) is 11.3. The summed E-state index contributed by atoms with van der Waals surface area (Å²) >= 11 is 0. The van der Waals surface area contributed by atoms with Crippen molar-refractivity contribution in [3.05, 3.63) is 54.1 Å². The molecular formula is C25H31N3O5. The summed E-state index contributed by atoms with van der Waals surface area (Å²) in [6.07, 6.45) is 3.18. The lowest BCUT2D eigenvalue weighted by Crippen LogP contribution is -2.38. The van der Waals surface area contributed by atoms with Crippen LogP contribution in [0.25, 0.3) is 0 Å². The Hall–Kier alpha value is -3.55. The summed E-state index contributed by atoms with van der Waals surface area (Å²) in [6.45, 7) is 3.56. The first kappa shape index (κ1) is 24.1. The van der Waals surface area contributed by atoms with Gasteiger partial charge in [0.15, 0.2) is 18.1 Å². The van der Waals surface area contributed by atoms with Crippen molar-refractivity contribution >= 4 is 23.4 Å². The number of likely N-dealkylation sites (tertiary alicyclic amines) is 1. The van der Waals surface area contributed by atoms with E-state index in [-0.39, 0.29) is 30.9 Å². The van der Waals surface area contributed by atoms with Gasteiger partial charge in [-0.3, -0.25) is 14.4 Å². The van der Waals surface area contributed by atoms with Gasteiger partial charge < -0.3 is 24.6 Å². The zero-order valence-corrected chi connectivity index (χ0v) is 19.2. The van der Waals surface area contributed by atoms with Gasteiger partial charge in [0.2, 0.25) is 5.91 Å². The van der Waals surface area contributed by atoms with Crippen molar-refractivity contribution in [2.75, 3.05) is 45.2 Å². The van der Waals surface area contributed by atoms with E-state index in [0.717, 1.165) is 32.4 Å². The molecular weight excluding hydrogens is 422 g/mol. The Kier molecular flexibility index (Phi) is 8.69. The van der Waals surface area contributed by atoms with Gasteiger partial charge in [0.1, 0.15) is 0 Å². The lowest BCUT2D eigenvalue weighted by molar-refractivity contribution is -0.134. The predicted molar refractivity (Wildman–Crippen MR) is 126 cm³/mol. The van der Waals surface area contributed by atoms with Crippen LogP contribution >= 0.6 is 0 Å². The molecule has 8 nitrogen and oxygen atoms in total. The van der Waals surface area contributed by atoms with Crippen molar-refractivity contribution in [2.45, 2.75) is 26.2 Å². The fourth-order valence-corrected chi connectivity index (χ4v) is 3.63. The lowest BCUT2D eigenvalue weighted by Gasteiger charge is -2.26. The van der Waals surface area contributed by atoms with Gasteiger partial charge in [0.05, 0.1) is 13.2 Å². The van der Waals surface area contributed by atoms with E-state index < -0.39 is 0 Å². The molecule has 33 heavy (non-hydrogen) atoms. The standard InChI is InChI=1S/C25H31N3O5/c1-3-32-22-16-19(12-13-21(22)33-18-24(30)28-14-8-5-9-15-28)25(31)27(2)17-23(29)26-20-10-6-4-7-11-20/h4,6-7,10-13,16H,3,5,8-9,14-15,17-18H2,1-2H3,(H,26,29). The molecule has 1 N–H and O–H groups in total. The second-order valence-corrected chi connectivity index (χ2v) is 7.90. The Morgan fingerprint density at radius 2 is 1.70 bits per heavy atom. The molecule has 1 aliphatic heterocycles. The van der Waals surface area contributed by atoms with Crippen LogP contribution in [0.15, 0.2) is 48.5 Å². The number of amides is 3. The molecule has 1 fully saturated rings. The van der Waals surface area contributed by atoms with Crippen molar-refractivity contribution in [3.63, 3.8) is 0 Å². The van der Waals surface area contributed by atoms with Crippen molar-refractivity contribution in [1.29, 1.82) is 0 Å². The van der Waals surface area contributed by atoms with Gasteiger partial charge in [-0.15, -0.1) is 0 Å². The Morgan fingerprint density at radius 1 is 0.970 bits per heavy atom. The van der Waals surface area contributed by atoms with Crippen molar-refractivity contribution < 1.29 is 23.9 Å². The van der Waals surface area contributed by atoms with Crippen LogP contribution in [0.3, 0.4) is 0 Å². The minimum Gasteiger partial charge on any atom is -0.490 e. The fourth-order valence-electron chi connectivity index (χ4n) is 3.63. The summed E-state index contributed by atoms with van der Waals surface area (Å²) in [6, 6.07) is 13.9. The van der Waals surface area contributed by atoms with Gasteiger partial charge in [0, 0.05) is 31.4 Å². The molecule has 1 heterocycles. The van der Waals surface area contributed by atoms with Crippen LogP contribution in [0.4, 0.5) is 5.69 Å². The summed E-state index contributed by atoms with van der Waals surface area (Å²) in [5.74, 6) is 0.120. The number of benzene rings is 2. The normalized spacial score (nSPS) is 13.2. The minimum absolute atomic E-state index is 0.0542. The maximum Gasteiger partial charge on any atom is 0.260 e. The topological polar surface area (TPSA) is 88.2 Å². The highest BCUT2D eigenvalue weighted by atomic mass is 16.5. The number of ether oxygens (including phenoxy) is 2. The molecule has 0 aromatic heterocycles. The molecule has 3 amide bonds. The number of nitrogens with zero attached hydrogens (tertiary/aromatic N) is 2. The zero-order valence-electron chi connectivity index (χ0n) is 19.2. The van der Waals surface area contributed by atoms with E-state index in [0.29, 0.717) is 29.4 Å². The Morgan fingerprint density at radius 3 is 2.39 bits per heavy atom. The smallest absolute Gasteiger partial charge is 0.260 e. The highest BCUT2D eigenvalue weighted by Crippen LogP contribution is 2.29. The third-order valence-electron chi connectivity index (χ3n) is 5.34. The average molecular weight is 454 g/mol. The van der Waals surface area contributed by atoms with E-state index in [1.807, 2.05) is 30.0 Å². The number of carbonyl (C=O) groups excluding carboxylic acids is 3. The molecule has 0 bridgehead atoms. The molecule has 8 heteroatoms. The highest BCUT2D eigenvalue weighted by Gasteiger charge is 2.20. The van der Waals surface area contributed by atoms with Crippen LogP contribution in [-0.4, -0.2) is 67.4 Å². The van der Waals surface area contributed by atoms with Crippen molar-refractivity contribution in [2.24, 2.45) is 0 Å². The van der Waals surface area contributed by atoms with Crippen LogP contribution in [0.1, 0.15) is 36.5 Å². The summed E-state index contributed by atoms with van der Waals surface area (Å²) in [4.78, 5) is 40.7. The van der Waals surface area contributed by atoms with Crippen molar-refractivity contribution in [1.82, 2.24) is 9.80 Å². The van der Waals surface area contributed by atoms with Gasteiger partial charge in [-0.05, 0) is 56.5 Å². The molecule has 0 unspecified atom stereocenters. The SMILES string of the molecule is CCOc1cc(C(=O)N(C)CC(=O)Nc2ccccc2)ccc1OCC(=O)N1CCCCC1. The third-order valence-corrected chi connectivity index (χ3v) is 5.34. The summed E-state index contributed by atoms with van der Waals surface area (Å²) in [5, 5.41) is 2.76. The molecule has 2 aromatic rings. The molecule has 1 aliphatic rings. The quantitative estimate of drug-likeness (QED) is 0.630. The monoisotopic (exact) mass is 453 g/mol. The van der Waals surface area contributed by atoms with Gasteiger partial charge in [-0.25, -0.2) is 0 Å². The van der Waals surface area contributed by atoms with E-state index in [2.05, 4.69) is 5.32 Å². The van der Waals surface area contributed by atoms with E-state index in [4.69, 9.17) is 9.47 Å². The van der Waals surface area contributed by atoms with Gasteiger partial charge in [-0.2, -0.15) is 0 Å². The van der Waals surface area contributed by atoms with Crippen LogP contribution in [0.2, 0.25) is 0 Å². The third kappa shape index (κ3) is 6.97. The fraction of sp³-hybridized carbons (Fsp3) is 0.400. The first-order valence-corrected chi connectivity index (χ1v) is 11.3. The number of rotatable bonds is 9. The zero-order chi connectivity index (χ0) is 23.6. The van der Waals surface area contributed by atoms with E-state index in [9.17, 15) is 14.4 Å². The number of para-hydroxylation sites is 1. The highest BCUT2D eigenvalue weighted by molar-refractivity contribution is 5.99. The summed E-state index contributed by atoms with van der Waals surface area (Å²) < 4.78 is 11.4. The Balaban J connectivity index is 1.61. The number of nitrogens with one attached hydrogen (secondary N) is 1. The lowest BCUT2D eigenvalue weighted by atomic mass is 10.1. The number of anilines is 1. The summed E-state index contributed by atoms with van der Waals surface area (Å²) in [5.41, 5.74) is 1.03. The maximum atomic E-state index is 12.9. The number of piperidine rings is 1. The molecule has 1 saturated heterocycles. The molecule has 176 valence electrons. The Bertz CT molecular complexity index is 958. The molecule has 0 saturated carbocycles. The predicted octanol–water partition coefficient (Wildman–Crippen LogP) is 3.19. The van der Waals surface area contributed by atoms with Crippen molar-refractivity contribution in [3.8, 4) is 11.5 Å². The maximum absolute atomic E-state index is 12.9. The molecule has 0 atom stereocenters. The number of hydrogen-bond acceptors (Lipinski definition) is 5. The van der Waals surface area contributed by atoms with Gasteiger partial charge >= 0.3 is 0 Å². The second-order valence-electron chi connectivity index (χ2n) is 7.90. The molecule has 2 aromatic carbocycles. The van der Waals surface area contributed by atoms with E-state index >= 15 is 0 Å². The van der Waals surface area contributed by atoms with Gasteiger partial charge in [-0.1, -0.05) is 18.2 Å². The number of likely N-dealkylation sites (N-methyl/N-ethyl adjacent to an activating group) is 1. The van der Waals surface area contributed by atoms with Crippen LogP contribution in [0.5, 0.6) is 11.5 Å². The number of carbonyl (C=O) groups is 3. The largest absolute Gasteiger partial charge is 0.490 e. The average Bonchev–Trinajstić information content (AvgIpc) is 2.83. The van der Waals surface area contributed by atoms with Gasteiger partial charge in [0.25, 0.3) is 11.8 Å². The second kappa shape index (κ2) is 11.9. The molecule has 0 aliphatic carbocycles. The van der Waals surface area contributed by atoms with E-state index in [1.165, 1.54) is 4.90 Å². The molecule has 0 spiro atoms. The Labute approximate surface area is 194 Å².